The second kappa shape index (κ2) is 4.94. The van der Waals surface area contributed by atoms with Crippen LogP contribution in [0.3, 0.4) is 0 Å². The van der Waals surface area contributed by atoms with E-state index in [4.69, 9.17) is 4.74 Å². The quantitative estimate of drug-likeness (QED) is 0.733. The molecule has 0 bridgehead atoms. The van der Waals surface area contributed by atoms with Crippen molar-refractivity contribution in [3.8, 4) is 0 Å². The first-order valence-electron chi connectivity index (χ1n) is 5.53. The van der Waals surface area contributed by atoms with Gasteiger partial charge in [-0.2, -0.15) is 0 Å². The minimum atomic E-state index is -0.241. The third kappa shape index (κ3) is 4.62. The lowest BCUT2D eigenvalue weighted by Crippen LogP contribution is -2.52. The molecule has 1 N–H and O–H groups in total. The largest absolute Gasteiger partial charge is 0.366 e. The van der Waals surface area contributed by atoms with Crippen LogP contribution in [0.5, 0.6) is 0 Å². The Kier molecular flexibility index (Phi) is 4.11. The summed E-state index contributed by atoms with van der Waals surface area (Å²) in [7, 11) is 0. The normalized spacial score (nSPS) is 22.9. The van der Waals surface area contributed by atoms with Crippen LogP contribution in [0.25, 0.3) is 0 Å². The van der Waals surface area contributed by atoms with Crippen LogP contribution in [0.2, 0.25) is 0 Å². The number of hydrogen-bond donors (Lipinski definition) is 1. The van der Waals surface area contributed by atoms with Crippen molar-refractivity contribution in [2.45, 2.75) is 39.3 Å². The molecule has 4 nitrogen and oxygen atoms in total. The number of hydrogen-bond acceptors (Lipinski definition) is 3. The van der Waals surface area contributed by atoms with Gasteiger partial charge in [-0.3, -0.25) is 4.79 Å². The molecule has 1 aliphatic heterocycles. The number of carbonyl (C=O) groups excluding carboxylic acids is 1. The lowest BCUT2D eigenvalue weighted by Gasteiger charge is -2.32. The summed E-state index contributed by atoms with van der Waals surface area (Å²) in [6.07, 6.45) is 0. The number of rotatable bonds is 2. The van der Waals surface area contributed by atoms with E-state index < -0.39 is 0 Å². The minimum Gasteiger partial charge on any atom is -0.366 e. The minimum absolute atomic E-state index is 0.0956. The lowest BCUT2D eigenvalue weighted by atomic mass is 10.2. The number of amides is 1. The fraction of sp³-hybridized carbons (Fsp3) is 0.909. The van der Waals surface area contributed by atoms with Crippen LogP contribution in [0, 0.1) is 0 Å². The van der Waals surface area contributed by atoms with Gasteiger partial charge < -0.3 is 15.0 Å². The summed E-state index contributed by atoms with van der Waals surface area (Å²) in [5.74, 6) is 0.0956. The lowest BCUT2D eigenvalue weighted by molar-refractivity contribution is -0.142. The van der Waals surface area contributed by atoms with Gasteiger partial charge in [0.2, 0.25) is 5.91 Å². The predicted octanol–water partition coefficient (Wildman–Crippen LogP) is 0.622. The SMILES string of the molecule is C[C@@H]1CN(C(=O)COC(C)(C)C)CCN1. The maximum Gasteiger partial charge on any atom is 0.248 e. The highest BCUT2D eigenvalue weighted by atomic mass is 16.5. The number of nitrogens with one attached hydrogen (secondary N) is 1. The van der Waals surface area contributed by atoms with Gasteiger partial charge in [0, 0.05) is 25.7 Å². The zero-order valence-corrected chi connectivity index (χ0v) is 10.2. The van der Waals surface area contributed by atoms with E-state index in [0.29, 0.717) is 6.04 Å². The van der Waals surface area contributed by atoms with Crippen LogP contribution in [0.4, 0.5) is 0 Å². The van der Waals surface area contributed by atoms with Gasteiger partial charge in [0.05, 0.1) is 5.60 Å². The molecule has 0 saturated carbocycles. The fourth-order valence-corrected chi connectivity index (χ4v) is 1.53. The summed E-state index contributed by atoms with van der Waals surface area (Å²) in [6, 6.07) is 0.386. The van der Waals surface area contributed by atoms with Gasteiger partial charge in [-0.05, 0) is 27.7 Å². The van der Waals surface area contributed by atoms with Gasteiger partial charge >= 0.3 is 0 Å². The fourth-order valence-electron chi connectivity index (χ4n) is 1.53. The Bertz CT molecular complexity index is 223. The van der Waals surface area contributed by atoms with Crippen molar-refractivity contribution in [1.29, 1.82) is 0 Å². The Hall–Kier alpha value is -0.610. The zero-order chi connectivity index (χ0) is 11.5. The van der Waals surface area contributed by atoms with E-state index in [2.05, 4.69) is 12.2 Å². The molecule has 1 fully saturated rings. The van der Waals surface area contributed by atoms with E-state index in [1.165, 1.54) is 0 Å². The maximum atomic E-state index is 11.8. The molecule has 88 valence electrons. The molecule has 1 rings (SSSR count). The predicted molar refractivity (Wildman–Crippen MR) is 59.7 cm³/mol. The Morgan fingerprint density at radius 3 is 2.73 bits per heavy atom. The van der Waals surface area contributed by atoms with Crippen LogP contribution < -0.4 is 5.32 Å². The van der Waals surface area contributed by atoms with Crippen molar-refractivity contribution in [2.24, 2.45) is 0 Å². The molecule has 0 aromatic heterocycles. The molecule has 0 spiro atoms. The van der Waals surface area contributed by atoms with Crippen LogP contribution >= 0.6 is 0 Å². The molecule has 1 saturated heterocycles. The van der Waals surface area contributed by atoms with E-state index in [1.54, 1.807) is 0 Å². The Balaban J connectivity index is 2.33. The molecular formula is C11H22N2O2. The molecule has 1 amide bonds. The zero-order valence-electron chi connectivity index (χ0n) is 10.2. The molecule has 0 radical (unpaired) electrons. The van der Waals surface area contributed by atoms with Gasteiger partial charge in [-0.25, -0.2) is 0 Å². The molecule has 0 aliphatic carbocycles. The van der Waals surface area contributed by atoms with Gasteiger partial charge in [-0.1, -0.05) is 0 Å². The molecular weight excluding hydrogens is 192 g/mol. The Morgan fingerprint density at radius 2 is 2.20 bits per heavy atom. The number of carbonyl (C=O) groups is 1. The first-order chi connectivity index (χ1) is 6.88. The van der Waals surface area contributed by atoms with Crippen molar-refractivity contribution < 1.29 is 9.53 Å². The Morgan fingerprint density at radius 1 is 1.53 bits per heavy atom. The van der Waals surface area contributed by atoms with Gasteiger partial charge in [-0.15, -0.1) is 0 Å². The summed E-state index contributed by atoms with van der Waals surface area (Å²) in [4.78, 5) is 13.6. The first kappa shape index (κ1) is 12.5. The van der Waals surface area contributed by atoms with Crippen LogP contribution in [0.15, 0.2) is 0 Å². The van der Waals surface area contributed by atoms with Gasteiger partial charge in [0.1, 0.15) is 6.61 Å². The maximum absolute atomic E-state index is 11.8. The van der Waals surface area contributed by atoms with Crippen molar-refractivity contribution >= 4 is 5.91 Å². The van der Waals surface area contributed by atoms with E-state index in [-0.39, 0.29) is 18.1 Å². The van der Waals surface area contributed by atoms with Crippen molar-refractivity contribution in [3.05, 3.63) is 0 Å². The topological polar surface area (TPSA) is 41.6 Å². The standard InChI is InChI=1S/C11H22N2O2/c1-9-7-13(6-5-12-9)10(14)8-15-11(2,3)4/h9,12H,5-8H2,1-4H3/t9-/m1/s1. The van der Waals surface area contributed by atoms with E-state index in [1.807, 2.05) is 25.7 Å². The van der Waals surface area contributed by atoms with Crippen LogP contribution in [-0.4, -0.2) is 48.7 Å². The second-order valence-corrected chi connectivity index (χ2v) is 5.10. The molecule has 15 heavy (non-hydrogen) atoms. The summed E-state index contributed by atoms with van der Waals surface area (Å²) in [6.45, 7) is 10.6. The molecule has 0 unspecified atom stereocenters. The second-order valence-electron chi connectivity index (χ2n) is 5.10. The average molecular weight is 214 g/mol. The van der Waals surface area contributed by atoms with Crippen molar-refractivity contribution in [1.82, 2.24) is 10.2 Å². The highest BCUT2D eigenvalue weighted by molar-refractivity contribution is 5.77. The van der Waals surface area contributed by atoms with Crippen LogP contribution in [0.1, 0.15) is 27.7 Å². The molecule has 1 aliphatic rings. The molecule has 0 aromatic rings. The Labute approximate surface area is 92.0 Å². The molecule has 4 heteroatoms. The highest BCUT2D eigenvalue weighted by Crippen LogP contribution is 2.07. The monoisotopic (exact) mass is 214 g/mol. The van der Waals surface area contributed by atoms with Crippen molar-refractivity contribution in [3.63, 3.8) is 0 Å². The third-order valence-corrected chi connectivity index (χ3v) is 2.35. The summed E-state index contributed by atoms with van der Waals surface area (Å²) < 4.78 is 5.47. The highest BCUT2D eigenvalue weighted by Gasteiger charge is 2.22. The van der Waals surface area contributed by atoms with Gasteiger partial charge in [0.25, 0.3) is 0 Å². The van der Waals surface area contributed by atoms with Crippen LogP contribution in [-0.2, 0) is 9.53 Å². The average Bonchev–Trinajstić information content (AvgIpc) is 2.13. The number of piperazine rings is 1. The summed E-state index contributed by atoms with van der Waals surface area (Å²) in [5.41, 5.74) is -0.241. The molecule has 0 aromatic carbocycles. The number of nitrogens with zero attached hydrogens (tertiary/aromatic N) is 1. The van der Waals surface area contributed by atoms with E-state index in [9.17, 15) is 4.79 Å². The number of ether oxygens (including phenoxy) is 1. The van der Waals surface area contributed by atoms with Crippen molar-refractivity contribution in [2.75, 3.05) is 26.2 Å². The molecule has 1 heterocycles. The summed E-state index contributed by atoms with van der Waals surface area (Å²) in [5, 5.41) is 3.30. The van der Waals surface area contributed by atoms with Gasteiger partial charge in [0.15, 0.2) is 0 Å². The molecule has 1 atom stereocenters. The van der Waals surface area contributed by atoms with E-state index >= 15 is 0 Å². The smallest absolute Gasteiger partial charge is 0.248 e. The summed E-state index contributed by atoms with van der Waals surface area (Å²) >= 11 is 0. The van der Waals surface area contributed by atoms with E-state index in [0.717, 1.165) is 19.6 Å². The third-order valence-electron chi connectivity index (χ3n) is 2.35. The first-order valence-corrected chi connectivity index (χ1v) is 5.53.